The van der Waals surface area contributed by atoms with E-state index in [1.54, 1.807) is 0 Å². The summed E-state index contributed by atoms with van der Waals surface area (Å²) in [6.45, 7) is 11.7. The Hall–Kier alpha value is -0.780. The van der Waals surface area contributed by atoms with Crippen LogP contribution in [0.15, 0.2) is 30.3 Å². The molecule has 1 unspecified atom stereocenters. The molecule has 96 valence electrons. The molecule has 1 aromatic rings. The van der Waals surface area contributed by atoms with Gasteiger partial charge in [0, 0.05) is 0 Å². The molecule has 0 fully saturated rings. The lowest BCUT2D eigenvalue weighted by Crippen LogP contribution is -2.17. The molecule has 1 aromatic carbocycles. The van der Waals surface area contributed by atoms with Crippen molar-refractivity contribution in [3.8, 4) is 0 Å². The standard InChI is InChI=1S/C17H28/c1-6-15(16-10-8-7-9-11-16)13-12-14(2)17(3,4)5/h7-11,14-15H,6,12-13H2,1-5H3/t14-,15?/m1/s1. The molecule has 0 N–H and O–H groups in total. The van der Waals surface area contributed by atoms with Crippen LogP contribution in [0.2, 0.25) is 0 Å². The average molecular weight is 232 g/mol. The van der Waals surface area contributed by atoms with Crippen LogP contribution in [0.3, 0.4) is 0 Å². The lowest BCUT2D eigenvalue weighted by molar-refractivity contribution is 0.237. The number of benzene rings is 1. The number of rotatable bonds is 5. The highest BCUT2D eigenvalue weighted by atomic mass is 14.3. The Bertz CT molecular complexity index is 305. The van der Waals surface area contributed by atoms with Gasteiger partial charge in [-0.2, -0.15) is 0 Å². The molecular formula is C17H28. The largest absolute Gasteiger partial charge is 0.0648 e. The highest BCUT2D eigenvalue weighted by Gasteiger charge is 2.21. The SMILES string of the molecule is CCC(CC[C@@H](C)C(C)(C)C)c1ccccc1. The maximum atomic E-state index is 2.39. The van der Waals surface area contributed by atoms with Crippen LogP contribution in [0, 0.1) is 11.3 Å². The van der Waals surface area contributed by atoms with E-state index in [0.717, 1.165) is 11.8 Å². The summed E-state index contributed by atoms with van der Waals surface area (Å²) in [5.74, 6) is 1.53. The summed E-state index contributed by atoms with van der Waals surface area (Å²) in [6.07, 6.45) is 3.90. The van der Waals surface area contributed by atoms with Crippen molar-refractivity contribution in [3.63, 3.8) is 0 Å². The van der Waals surface area contributed by atoms with E-state index in [4.69, 9.17) is 0 Å². The van der Waals surface area contributed by atoms with Gasteiger partial charge in [-0.15, -0.1) is 0 Å². The fraction of sp³-hybridized carbons (Fsp3) is 0.647. The zero-order valence-electron chi connectivity index (χ0n) is 12.2. The zero-order chi connectivity index (χ0) is 12.9. The van der Waals surface area contributed by atoms with Gasteiger partial charge >= 0.3 is 0 Å². The van der Waals surface area contributed by atoms with E-state index in [9.17, 15) is 0 Å². The van der Waals surface area contributed by atoms with E-state index in [-0.39, 0.29) is 0 Å². The van der Waals surface area contributed by atoms with Crippen LogP contribution < -0.4 is 0 Å². The third-order valence-electron chi connectivity index (χ3n) is 4.19. The van der Waals surface area contributed by atoms with Crippen molar-refractivity contribution in [2.24, 2.45) is 11.3 Å². The molecule has 0 bridgehead atoms. The number of hydrogen-bond donors (Lipinski definition) is 0. The van der Waals surface area contributed by atoms with E-state index in [1.165, 1.54) is 24.8 Å². The van der Waals surface area contributed by atoms with E-state index in [2.05, 4.69) is 65.0 Å². The zero-order valence-corrected chi connectivity index (χ0v) is 12.2. The normalized spacial score (nSPS) is 15.6. The van der Waals surface area contributed by atoms with Gasteiger partial charge < -0.3 is 0 Å². The van der Waals surface area contributed by atoms with Crippen LogP contribution in [0.1, 0.15) is 65.4 Å². The topological polar surface area (TPSA) is 0 Å². The first-order valence-electron chi connectivity index (χ1n) is 7.00. The van der Waals surface area contributed by atoms with Gasteiger partial charge in [-0.3, -0.25) is 0 Å². The van der Waals surface area contributed by atoms with Crippen molar-refractivity contribution in [2.75, 3.05) is 0 Å². The Morgan fingerprint density at radius 1 is 1.00 bits per heavy atom. The van der Waals surface area contributed by atoms with Gasteiger partial charge in [-0.1, -0.05) is 65.0 Å². The van der Waals surface area contributed by atoms with Gasteiger partial charge in [-0.25, -0.2) is 0 Å². The highest BCUT2D eigenvalue weighted by Crippen LogP contribution is 2.33. The van der Waals surface area contributed by atoms with Crippen molar-refractivity contribution >= 4 is 0 Å². The second kappa shape index (κ2) is 6.23. The molecule has 1 rings (SSSR count). The van der Waals surface area contributed by atoms with Crippen molar-refractivity contribution in [2.45, 2.75) is 59.8 Å². The summed E-state index contributed by atoms with van der Waals surface area (Å²) >= 11 is 0. The molecule has 2 atom stereocenters. The van der Waals surface area contributed by atoms with Crippen LogP contribution in [0.5, 0.6) is 0 Å². The Balaban J connectivity index is 2.55. The summed E-state index contributed by atoms with van der Waals surface area (Å²) in [4.78, 5) is 0. The third kappa shape index (κ3) is 4.53. The van der Waals surface area contributed by atoms with Gasteiger partial charge in [0.15, 0.2) is 0 Å². The summed E-state index contributed by atoms with van der Waals surface area (Å²) in [6, 6.07) is 11.0. The van der Waals surface area contributed by atoms with Gasteiger partial charge in [0.25, 0.3) is 0 Å². The van der Waals surface area contributed by atoms with E-state index in [0.29, 0.717) is 5.41 Å². The number of hydrogen-bond acceptors (Lipinski definition) is 0. The maximum Gasteiger partial charge on any atom is -0.0164 e. The Labute approximate surface area is 107 Å². The predicted molar refractivity (Wildman–Crippen MR) is 77.3 cm³/mol. The van der Waals surface area contributed by atoms with Crippen molar-refractivity contribution in [3.05, 3.63) is 35.9 Å². The fourth-order valence-electron chi connectivity index (χ4n) is 2.22. The van der Waals surface area contributed by atoms with Crippen LogP contribution in [0.25, 0.3) is 0 Å². The molecule has 0 aromatic heterocycles. The Morgan fingerprint density at radius 3 is 2.06 bits per heavy atom. The molecule has 0 spiro atoms. The van der Waals surface area contributed by atoms with Gasteiger partial charge in [0.2, 0.25) is 0 Å². The van der Waals surface area contributed by atoms with Gasteiger partial charge in [0.1, 0.15) is 0 Å². The summed E-state index contributed by atoms with van der Waals surface area (Å²) in [5.41, 5.74) is 1.95. The molecular weight excluding hydrogens is 204 g/mol. The Morgan fingerprint density at radius 2 is 1.59 bits per heavy atom. The molecule has 17 heavy (non-hydrogen) atoms. The fourth-order valence-corrected chi connectivity index (χ4v) is 2.22. The molecule has 0 aliphatic rings. The molecule has 0 heteroatoms. The second-order valence-corrected chi connectivity index (χ2v) is 6.36. The molecule has 0 aliphatic heterocycles. The van der Waals surface area contributed by atoms with E-state index >= 15 is 0 Å². The van der Waals surface area contributed by atoms with Crippen LogP contribution >= 0.6 is 0 Å². The van der Waals surface area contributed by atoms with Crippen LogP contribution in [0.4, 0.5) is 0 Å². The minimum Gasteiger partial charge on any atom is -0.0648 e. The molecule has 0 radical (unpaired) electrons. The van der Waals surface area contributed by atoms with Gasteiger partial charge in [-0.05, 0) is 42.1 Å². The lowest BCUT2D eigenvalue weighted by Gasteiger charge is -2.28. The first kappa shape index (κ1) is 14.3. The minimum absolute atomic E-state index is 0.439. The summed E-state index contributed by atoms with van der Waals surface area (Å²) in [5, 5.41) is 0. The van der Waals surface area contributed by atoms with E-state index < -0.39 is 0 Å². The van der Waals surface area contributed by atoms with Crippen molar-refractivity contribution < 1.29 is 0 Å². The second-order valence-electron chi connectivity index (χ2n) is 6.36. The Kier molecular flexibility index (Phi) is 5.24. The van der Waals surface area contributed by atoms with Gasteiger partial charge in [0.05, 0.1) is 0 Å². The van der Waals surface area contributed by atoms with Crippen molar-refractivity contribution in [1.29, 1.82) is 0 Å². The molecule has 0 saturated carbocycles. The van der Waals surface area contributed by atoms with Crippen LogP contribution in [-0.4, -0.2) is 0 Å². The molecule has 0 nitrogen and oxygen atoms in total. The maximum absolute atomic E-state index is 2.39. The minimum atomic E-state index is 0.439. The molecule has 0 heterocycles. The third-order valence-corrected chi connectivity index (χ3v) is 4.19. The molecule has 0 aliphatic carbocycles. The predicted octanol–water partition coefficient (Wildman–Crippen LogP) is 5.64. The lowest BCUT2D eigenvalue weighted by atomic mass is 9.77. The highest BCUT2D eigenvalue weighted by molar-refractivity contribution is 5.19. The smallest absolute Gasteiger partial charge is 0.0164 e. The average Bonchev–Trinajstić information content (AvgIpc) is 2.29. The van der Waals surface area contributed by atoms with Crippen molar-refractivity contribution in [1.82, 2.24) is 0 Å². The molecule has 0 saturated heterocycles. The monoisotopic (exact) mass is 232 g/mol. The summed E-state index contributed by atoms with van der Waals surface area (Å²) in [7, 11) is 0. The van der Waals surface area contributed by atoms with Crippen LogP contribution in [-0.2, 0) is 0 Å². The first-order valence-corrected chi connectivity index (χ1v) is 7.00. The van der Waals surface area contributed by atoms with E-state index in [1.807, 2.05) is 0 Å². The first-order chi connectivity index (χ1) is 7.95. The quantitative estimate of drug-likeness (QED) is 0.616. The summed E-state index contributed by atoms with van der Waals surface area (Å²) < 4.78 is 0. The molecule has 0 amide bonds.